The number of aliphatic imine (C=N–C) groups is 1. The molecule has 0 radical (unpaired) electrons. The first-order valence-electron chi connectivity index (χ1n) is 10.2. The van der Waals surface area contributed by atoms with Crippen molar-refractivity contribution >= 4 is 40.7 Å². The second-order valence-electron chi connectivity index (χ2n) is 7.62. The Labute approximate surface area is 180 Å². The molecule has 2 saturated carbocycles. The quantitative estimate of drug-likeness (QED) is 0.292. The van der Waals surface area contributed by atoms with Gasteiger partial charge in [0.15, 0.2) is 5.96 Å². The maximum Gasteiger partial charge on any atom is 0.191 e. The number of nitrogens with zero attached hydrogens (tertiary/aromatic N) is 2. The summed E-state index contributed by atoms with van der Waals surface area (Å²) in [6, 6.07) is 1.78. The van der Waals surface area contributed by atoms with E-state index < -0.39 is 10.8 Å². The van der Waals surface area contributed by atoms with Gasteiger partial charge in [-0.25, -0.2) is 0 Å². The first-order chi connectivity index (χ1) is 12.0. The van der Waals surface area contributed by atoms with Crippen molar-refractivity contribution in [1.82, 2.24) is 15.5 Å². The monoisotopic (exact) mass is 498 g/mol. The van der Waals surface area contributed by atoms with Gasteiger partial charge < -0.3 is 10.6 Å². The minimum atomic E-state index is -0.675. The molecule has 5 nitrogen and oxygen atoms in total. The van der Waals surface area contributed by atoms with Crippen LogP contribution in [0.1, 0.15) is 66.2 Å². The average molecular weight is 499 g/mol. The molecule has 0 heterocycles. The molecule has 2 aliphatic rings. The fourth-order valence-electron chi connectivity index (χ4n) is 3.81. The van der Waals surface area contributed by atoms with Crippen LogP contribution in [0.5, 0.6) is 0 Å². The molecule has 0 amide bonds. The van der Waals surface area contributed by atoms with Gasteiger partial charge >= 0.3 is 0 Å². The third kappa shape index (κ3) is 8.00. The molecule has 0 aromatic rings. The summed E-state index contributed by atoms with van der Waals surface area (Å²) in [6.45, 7) is 11.4. The number of rotatable bonds is 9. The first-order valence-corrected chi connectivity index (χ1v) is 11.6. The van der Waals surface area contributed by atoms with Gasteiger partial charge in [0.05, 0.1) is 6.54 Å². The van der Waals surface area contributed by atoms with Crippen molar-refractivity contribution in [1.29, 1.82) is 0 Å². The second kappa shape index (κ2) is 12.5. The zero-order valence-corrected chi connectivity index (χ0v) is 20.1. The molecule has 2 N–H and O–H groups in total. The smallest absolute Gasteiger partial charge is 0.191 e. The van der Waals surface area contributed by atoms with Gasteiger partial charge in [-0.05, 0) is 52.9 Å². The highest BCUT2D eigenvalue weighted by Crippen LogP contribution is 2.28. The summed E-state index contributed by atoms with van der Waals surface area (Å²) in [6.07, 6.45) is 7.12. The van der Waals surface area contributed by atoms with E-state index in [0.29, 0.717) is 17.3 Å². The molecule has 0 saturated heterocycles. The Morgan fingerprint density at radius 1 is 1.23 bits per heavy atom. The minimum absolute atomic E-state index is 0. The molecule has 26 heavy (non-hydrogen) atoms. The number of guanidine groups is 1. The van der Waals surface area contributed by atoms with Crippen molar-refractivity contribution in [2.45, 2.75) is 89.6 Å². The summed E-state index contributed by atoms with van der Waals surface area (Å²) < 4.78 is 12.1. The lowest BCUT2D eigenvalue weighted by molar-refractivity contribution is 0.218. The SMILES string of the molecule is CCNC(=NCCN(C(C)C)C1CC1)NC1CCCC(S(=O)CC)C1.I. The number of nitrogens with one attached hydrogen (secondary N) is 2. The first kappa shape index (κ1) is 24.1. The predicted molar refractivity (Wildman–Crippen MR) is 124 cm³/mol. The Morgan fingerprint density at radius 3 is 2.54 bits per heavy atom. The van der Waals surface area contributed by atoms with Crippen LogP contribution < -0.4 is 10.6 Å². The Morgan fingerprint density at radius 2 is 1.96 bits per heavy atom. The Hall–Kier alpha value is 0.110. The zero-order valence-electron chi connectivity index (χ0n) is 17.0. The molecule has 154 valence electrons. The van der Waals surface area contributed by atoms with Crippen LogP contribution in [0.25, 0.3) is 0 Å². The van der Waals surface area contributed by atoms with E-state index in [-0.39, 0.29) is 24.0 Å². The molecular weight excluding hydrogens is 459 g/mol. The van der Waals surface area contributed by atoms with Crippen LogP contribution in [0, 0.1) is 0 Å². The molecule has 0 bridgehead atoms. The molecule has 3 unspecified atom stereocenters. The molecule has 7 heteroatoms. The molecule has 0 aromatic carbocycles. The largest absolute Gasteiger partial charge is 0.357 e. The van der Waals surface area contributed by atoms with Gasteiger partial charge in [-0.1, -0.05) is 13.3 Å². The van der Waals surface area contributed by atoms with Crippen LogP contribution in [0.2, 0.25) is 0 Å². The second-order valence-corrected chi connectivity index (χ2v) is 9.63. The van der Waals surface area contributed by atoms with Gasteiger partial charge in [-0.3, -0.25) is 14.1 Å². The van der Waals surface area contributed by atoms with Crippen LogP contribution in [0.3, 0.4) is 0 Å². The molecular formula is C19H39IN4OS. The Balaban J connectivity index is 0.00000338. The van der Waals surface area contributed by atoms with E-state index in [0.717, 1.165) is 63.1 Å². The van der Waals surface area contributed by atoms with Gasteiger partial charge in [-0.2, -0.15) is 0 Å². The van der Waals surface area contributed by atoms with Crippen molar-refractivity contribution < 1.29 is 4.21 Å². The van der Waals surface area contributed by atoms with Crippen LogP contribution in [0.4, 0.5) is 0 Å². The summed E-state index contributed by atoms with van der Waals surface area (Å²) in [4.78, 5) is 7.38. The fraction of sp³-hybridized carbons (Fsp3) is 0.947. The molecule has 2 aliphatic carbocycles. The fourth-order valence-corrected chi connectivity index (χ4v) is 5.16. The highest BCUT2D eigenvalue weighted by Gasteiger charge is 2.30. The van der Waals surface area contributed by atoms with Gasteiger partial charge in [-0.15, -0.1) is 24.0 Å². The van der Waals surface area contributed by atoms with Crippen molar-refractivity contribution in [2.24, 2.45) is 4.99 Å². The van der Waals surface area contributed by atoms with Crippen LogP contribution >= 0.6 is 24.0 Å². The van der Waals surface area contributed by atoms with Gasteiger partial charge in [0.25, 0.3) is 0 Å². The summed E-state index contributed by atoms with van der Waals surface area (Å²) in [5.41, 5.74) is 0. The number of hydrogen-bond acceptors (Lipinski definition) is 3. The lowest BCUT2D eigenvalue weighted by Crippen LogP contribution is -2.47. The molecule has 2 fully saturated rings. The summed E-state index contributed by atoms with van der Waals surface area (Å²) in [7, 11) is -0.675. The topological polar surface area (TPSA) is 56.7 Å². The molecule has 3 atom stereocenters. The predicted octanol–water partition coefficient (Wildman–Crippen LogP) is 3.11. The minimum Gasteiger partial charge on any atom is -0.357 e. The summed E-state index contributed by atoms with van der Waals surface area (Å²) in [5.74, 6) is 1.70. The third-order valence-electron chi connectivity index (χ3n) is 5.27. The summed E-state index contributed by atoms with van der Waals surface area (Å²) >= 11 is 0. The number of hydrogen-bond donors (Lipinski definition) is 2. The van der Waals surface area contributed by atoms with Crippen LogP contribution in [0.15, 0.2) is 4.99 Å². The van der Waals surface area contributed by atoms with Crippen LogP contribution in [-0.2, 0) is 10.8 Å². The zero-order chi connectivity index (χ0) is 18.2. The molecule has 2 rings (SSSR count). The Kier molecular flexibility index (Phi) is 11.7. The maximum atomic E-state index is 12.1. The lowest BCUT2D eigenvalue weighted by atomic mass is 9.95. The summed E-state index contributed by atoms with van der Waals surface area (Å²) in [5, 5.41) is 7.33. The maximum absolute atomic E-state index is 12.1. The lowest BCUT2D eigenvalue weighted by Gasteiger charge is -2.30. The molecule has 0 aromatic heterocycles. The van der Waals surface area contributed by atoms with E-state index >= 15 is 0 Å². The van der Waals surface area contributed by atoms with Crippen molar-refractivity contribution in [3.8, 4) is 0 Å². The molecule has 0 aliphatic heterocycles. The van der Waals surface area contributed by atoms with Crippen LogP contribution in [-0.4, -0.2) is 63.8 Å². The normalized spacial score (nSPS) is 25.1. The standard InChI is InChI=1S/C19H38N4OS.HI/c1-5-20-19(21-12-13-23(15(3)4)17-10-11-17)22-16-8-7-9-18(14-16)25(24)6-2;/h15-18H,5-14H2,1-4H3,(H2,20,21,22);1H. The Bertz CT molecular complexity index is 455. The van der Waals surface area contributed by atoms with E-state index in [9.17, 15) is 4.21 Å². The van der Waals surface area contributed by atoms with Gasteiger partial charge in [0.1, 0.15) is 0 Å². The third-order valence-corrected chi connectivity index (χ3v) is 7.02. The van der Waals surface area contributed by atoms with E-state index in [1.54, 1.807) is 0 Å². The molecule has 0 spiro atoms. The average Bonchev–Trinajstić information content (AvgIpc) is 3.42. The number of halogens is 1. The van der Waals surface area contributed by atoms with E-state index in [4.69, 9.17) is 4.99 Å². The highest BCUT2D eigenvalue weighted by molar-refractivity contribution is 14.0. The van der Waals surface area contributed by atoms with Crippen molar-refractivity contribution in [3.05, 3.63) is 0 Å². The van der Waals surface area contributed by atoms with Gasteiger partial charge in [0, 0.05) is 53.0 Å². The highest BCUT2D eigenvalue weighted by atomic mass is 127. The van der Waals surface area contributed by atoms with E-state index in [1.807, 2.05) is 6.92 Å². The van der Waals surface area contributed by atoms with E-state index in [1.165, 1.54) is 12.8 Å². The van der Waals surface area contributed by atoms with Crippen molar-refractivity contribution in [2.75, 3.05) is 25.4 Å². The van der Waals surface area contributed by atoms with Crippen molar-refractivity contribution in [3.63, 3.8) is 0 Å². The van der Waals surface area contributed by atoms with Gasteiger partial charge in [0.2, 0.25) is 0 Å². The van der Waals surface area contributed by atoms with E-state index in [2.05, 4.69) is 36.3 Å².